The van der Waals surface area contributed by atoms with E-state index in [0.717, 1.165) is 12.1 Å². The lowest BCUT2D eigenvalue weighted by Crippen LogP contribution is -2.38. The summed E-state index contributed by atoms with van der Waals surface area (Å²) in [6.07, 6.45) is -4.44. The monoisotopic (exact) mass is 354 g/mol. The first-order chi connectivity index (χ1) is 11.7. The Hall–Kier alpha value is -2.57. The molecule has 1 N–H and O–H groups in total. The van der Waals surface area contributed by atoms with Gasteiger partial charge >= 0.3 is 12.2 Å². The van der Waals surface area contributed by atoms with Crippen molar-refractivity contribution in [2.75, 3.05) is 7.05 Å². The maximum Gasteiger partial charge on any atom is 0.416 e. The molecule has 25 heavy (non-hydrogen) atoms. The van der Waals surface area contributed by atoms with Gasteiger partial charge < -0.3 is 10.2 Å². The van der Waals surface area contributed by atoms with Crippen molar-refractivity contribution in [2.24, 2.45) is 0 Å². The molecule has 3 nitrogen and oxygen atoms in total. The molecule has 0 aliphatic heterocycles. The van der Waals surface area contributed by atoms with Gasteiger partial charge in [-0.05, 0) is 42.3 Å². The lowest BCUT2D eigenvalue weighted by atomic mass is 10.1. The number of alkyl halides is 3. The Bertz CT molecular complexity index is 746. The van der Waals surface area contributed by atoms with E-state index in [-0.39, 0.29) is 6.54 Å². The molecule has 1 atom stereocenters. The highest BCUT2D eigenvalue weighted by Gasteiger charge is 2.30. The third kappa shape index (κ3) is 5.20. The van der Waals surface area contributed by atoms with Crippen molar-refractivity contribution in [3.8, 4) is 0 Å². The lowest BCUT2D eigenvalue weighted by Gasteiger charge is -2.22. The number of carbonyl (C=O) groups is 1. The Balaban J connectivity index is 2.02. The molecule has 2 aromatic carbocycles. The second-order valence-corrected chi connectivity index (χ2v) is 5.78. The predicted octanol–water partition coefficient (Wildman–Crippen LogP) is 4.75. The van der Waals surface area contributed by atoms with Crippen molar-refractivity contribution in [3.05, 3.63) is 71.0 Å². The van der Waals surface area contributed by atoms with E-state index in [1.165, 1.54) is 36.2 Å². The first-order valence-corrected chi connectivity index (χ1v) is 7.60. The van der Waals surface area contributed by atoms with Crippen LogP contribution in [-0.4, -0.2) is 18.0 Å². The first-order valence-electron chi connectivity index (χ1n) is 7.60. The molecule has 0 saturated heterocycles. The minimum atomic E-state index is -4.44. The molecule has 0 fully saturated rings. The molecular formula is C18H18F4N2O. The molecule has 0 heterocycles. The van der Waals surface area contributed by atoms with Crippen LogP contribution >= 0.6 is 0 Å². The first kappa shape index (κ1) is 18.8. The van der Waals surface area contributed by atoms with Gasteiger partial charge in [0.05, 0.1) is 11.6 Å². The van der Waals surface area contributed by atoms with E-state index < -0.39 is 29.6 Å². The summed E-state index contributed by atoms with van der Waals surface area (Å²) in [4.78, 5) is 13.5. The second kappa shape index (κ2) is 7.55. The topological polar surface area (TPSA) is 32.3 Å². The van der Waals surface area contributed by atoms with Crippen LogP contribution in [-0.2, 0) is 12.7 Å². The molecule has 0 saturated carbocycles. The third-order valence-corrected chi connectivity index (χ3v) is 3.71. The van der Waals surface area contributed by atoms with Crippen molar-refractivity contribution >= 4 is 6.03 Å². The van der Waals surface area contributed by atoms with E-state index in [1.807, 2.05) is 0 Å². The van der Waals surface area contributed by atoms with Gasteiger partial charge in [0, 0.05) is 13.6 Å². The Morgan fingerprint density at radius 1 is 1.16 bits per heavy atom. The van der Waals surface area contributed by atoms with Gasteiger partial charge in [0.25, 0.3) is 0 Å². The molecule has 1 unspecified atom stereocenters. The summed E-state index contributed by atoms with van der Waals surface area (Å²) in [6.45, 7) is 1.78. The van der Waals surface area contributed by atoms with E-state index >= 15 is 0 Å². The van der Waals surface area contributed by atoms with E-state index in [2.05, 4.69) is 5.32 Å². The predicted molar refractivity (Wildman–Crippen MR) is 86.3 cm³/mol. The van der Waals surface area contributed by atoms with E-state index in [0.29, 0.717) is 11.1 Å². The SMILES string of the molecule is CC(NC(=O)N(C)Cc1cccc(F)c1)c1cccc(C(F)(F)F)c1. The van der Waals surface area contributed by atoms with Gasteiger partial charge in [-0.15, -0.1) is 0 Å². The molecule has 0 aliphatic rings. The Morgan fingerprint density at radius 3 is 2.48 bits per heavy atom. The highest BCUT2D eigenvalue weighted by molar-refractivity contribution is 5.74. The third-order valence-electron chi connectivity index (χ3n) is 3.71. The largest absolute Gasteiger partial charge is 0.416 e. The molecule has 2 aromatic rings. The van der Waals surface area contributed by atoms with E-state index in [1.54, 1.807) is 19.1 Å². The van der Waals surface area contributed by atoms with Gasteiger partial charge in [-0.25, -0.2) is 9.18 Å². The number of halogens is 4. The van der Waals surface area contributed by atoms with Gasteiger partial charge in [0.15, 0.2) is 0 Å². The van der Waals surface area contributed by atoms with Gasteiger partial charge in [-0.2, -0.15) is 13.2 Å². The van der Waals surface area contributed by atoms with E-state index in [4.69, 9.17) is 0 Å². The zero-order valence-corrected chi connectivity index (χ0v) is 13.8. The normalized spacial score (nSPS) is 12.6. The summed E-state index contributed by atoms with van der Waals surface area (Å²) in [5.41, 5.74) is 0.200. The number of hydrogen-bond donors (Lipinski definition) is 1. The zero-order valence-electron chi connectivity index (χ0n) is 13.8. The Labute approximate surface area is 143 Å². The number of amides is 2. The average Bonchev–Trinajstić information content (AvgIpc) is 2.54. The van der Waals surface area contributed by atoms with Crippen LogP contribution in [0.25, 0.3) is 0 Å². The Morgan fingerprint density at radius 2 is 1.84 bits per heavy atom. The van der Waals surface area contributed by atoms with Crippen molar-refractivity contribution in [2.45, 2.75) is 25.7 Å². The van der Waals surface area contributed by atoms with Crippen molar-refractivity contribution in [3.63, 3.8) is 0 Å². The van der Waals surface area contributed by atoms with Crippen LogP contribution in [0.15, 0.2) is 48.5 Å². The summed E-state index contributed by atoms with van der Waals surface area (Å²) in [7, 11) is 1.53. The fourth-order valence-corrected chi connectivity index (χ4v) is 2.34. The molecule has 0 radical (unpaired) electrons. The number of rotatable bonds is 4. The van der Waals surface area contributed by atoms with Crippen LogP contribution in [0.2, 0.25) is 0 Å². The quantitative estimate of drug-likeness (QED) is 0.790. The molecule has 0 spiro atoms. The standard InChI is InChI=1S/C18H18F4N2O/c1-12(14-6-4-7-15(10-14)18(20,21)22)23-17(25)24(2)11-13-5-3-8-16(19)9-13/h3-10,12H,11H2,1-2H3,(H,23,25). The van der Waals surface area contributed by atoms with Gasteiger partial charge in [-0.1, -0.05) is 24.3 Å². The molecular weight excluding hydrogens is 336 g/mol. The average molecular weight is 354 g/mol. The van der Waals surface area contributed by atoms with Crippen LogP contribution in [0, 0.1) is 5.82 Å². The summed E-state index contributed by atoms with van der Waals surface area (Å²) >= 11 is 0. The number of urea groups is 1. The maximum absolute atomic E-state index is 13.2. The summed E-state index contributed by atoms with van der Waals surface area (Å²) in [5, 5.41) is 2.64. The van der Waals surface area contributed by atoms with Gasteiger partial charge in [0.2, 0.25) is 0 Å². The molecule has 2 amide bonds. The van der Waals surface area contributed by atoms with Crippen LogP contribution in [0.1, 0.15) is 29.7 Å². The van der Waals surface area contributed by atoms with Crippen molar-refractivity contribution < 1.29 is 22.4 Å². The zero-order chi connectivity index (χ0) is 18.6. The summed E-state index contributed by atoms with van der Waals surface area (Å²) in [6, 6.07) is 9.60. The smallest absolute Gasteiger partial charge is 0.331 e. The number of nitrogens with one attached hydrogen (secondary N) is 1. The molecule has 0 bridgehead atoms. The van der Waals surface area contributed by atoms with Gasteiger partial charge in [0.1, 0.15) is 5.82 Å². The van der Waals surface area contributed by atoms with Crippen molar-refractivity contribution in [1.29, 1.82) is 0 Å². The number of carbonyl (C=O) groups excluding carboxylic acids is 1. The maximum atomic E-state index is 13.2. The fraction of sp³-hybridized carbons (Fsp3) is 0.278. The van der Waals surface area contributed by atoms with Crippen LogP contribution < -0.4 is 5.32 Å². The highest BCUT2D eigenvalue weighted by Crippen LogP contribution is 2.30. The van der Waals surface area contributed by atoms with Crippen LogP contribution in [0.4, 0.5) is 22.4 Å². The minimum absolute atomic E-state index is 0.179. The fourth-order valence-electron chi connectivity index (χ4n) is 2.34. The number of hydrogen-bond acceptors (Lipinski definition) is 1. The van der Waals surface area contributed by atoms with Crippen LogP contribution in [0.5, 0.6) is 0 Å². The summed E-state index contributed by atoms with van der Waals surface area (Å²) in [5.74, 6) is -0.399. The van der Waals surface area contributed by atoms with Gasteiger partial charge in [-0.3, -0.25) is 0 Å². The molecule has 0 aromatic heterocycles. The molecule has 2 rings (SSSR count). The minimum Gasteiger partial charge on any atom is -0.331 e. The lowest BCUT2D eigenvalue weighted by molar-refractivity contribution is -0.137. The van der Waals surface area contributed by atoms with E-state index in [9.17, 15) is 22.4 Å². The second-order valence-electron chi connectivity index (χ2n) is 5.78. The number of benzene rings is 2. The summed E-state index contributed by atoms with van der Waals surface area (Å²) < 4.78 is 51.5. The molecule has 7 heteroatoms. The number of nitrogens with zero attached hydrogens (tertiary/aromatic N) is 1. The highest BCUT2D eigenvalue weighted by atomic mass is 19.4. The van der Waals surface area contributed by atoms with Crippen molar-refractivity contribution in [1.82, 2.24) is 10.2 Å². The Kier molecular flexibility index (Phi) is 5.66. The van der Waals surface area contributed by atoms with Crippen LogP contribution in [0.3, 0.4) is 0 Å². The molecule has 0 aliphatic carbocycles. The molecule has 134 valence electrons.